The topological polar surface area (TPSA) is 54.9 Å². The molecule has 0 radical (unpaired) electrons. The van der Waals surface area contributed by atoms with Crippen LogP contribution in [0.4, 0.5) is 0 Å². The first-order valence-electron chi connectivity index (χ1n) is 5.13. The van der Waals surface area contributed by atoms with Crippen molar-refractivity contribution in [3.05, 3.63) is 68.5 Å². The van der Waals surface area contributed by atoms with Gasteiger partial charge in [0.15, 0.2) is 0 Å². The average molecular weight is 251 g/mol. The number of halogens is 1. The van der Waals surface area contributed by atoms with Crippen molar-refractivity contribution in [1.82, 2.24) is 9.55 Å². The quantitative estimate of drug-likeness (QED) is 0.836. The van der Waals surface area contributed by atoms with E-state index in [2.05, 4.69) is 4.98 Å². The maximum absolute atomic E-state index is 11.5. The Morgan fingerprint density at radius 2 is 1.82 bits per heavy atom. The van der Waals surface area contributed by atoms with E-state index in [1.807, 2.05) is 24.3 Å². The summed E-state index contributed by atoms with van der Waals surface area (Å²) in [5.74, 6) is 0.397. The number of rotatable bonds is 3. The van der Waals surface area contributed by atoms with E-state index in [0.717, 1.165) is 11.1 Å². The highest BCUT2D eigenvalue weighted by Crippen LogP contribution is 2.11. The molecule has 5 heteroatoms. The third-order valence-corrected chi connectivity index (χ3v) is 2.79. The van der Waals surface area contributed by atoms with Gasteiger partial charge in [0.25, 0.3) is 5.56 Å². The van der Waals surface area contributed by atoms with Crippen molar-refractivity contribution >= 4 is 11.6 Å². The van der Waals surface area contributed by atoms with E-state index in [1.54, 1.807) is 0 Å². The molecule has 0 aliphatic heterocycles. The zero-order valence-corrected chi connectivity index (χ0v) is 9.78. The first kappa shape index (κ1) is 11.7. The number of H-pyrrole nitrogens is 1. The Morgan fingerprint density at radius 1 is 1.12 bits per heavy atom. The van der Waals surface area contributed by atoms with Crippen LogP contribution in [0.3, 0.4) is 0 Å². The van der Waals surface area contributed by atoms with Gasteiger partial charge in [-0.3, -0.25) is 14.3 Å². The minimum atomic E-state index is -0.415. The number of hydrogen-bond acceptors (Lipinski definition) is 2. The monoisotopic (exact) mass is 250 g/mol. The van der Waals surface area contributed by atoms with E-state index >= 15 is 0 Å². The molecule has 0 bridgehead atoms. The molecule has 0 fully saturated rings. The first-order chi connectivity index (χ1) is 8.20. The summed E-state index contributed by atoms with van der Waals surface area (Å²) in [6.45, 7) is 0.401. The molecule has 2 rings (SSSR count). The third-order valence-electron chi connectivity index (χ3n) is 2.50. The normalized spacial score (nSPS) is 10.4. The molecule has 0 spiro atoms. The first-order valence-corrected chi connectivity index (χ1v) is 5.66. The Morgan fingerprint density at radius 3 is 2.47 bits per heavy atom. The molecular formula is C12H11ClN2O2. The second kappa shape index (κ2) is 5.01. The van der Waals surface area contributed by atoms with Crippen LogP contribution in [0, 0.1) is 0 Å². The fourth-order valence-electron chi connectivity index (χ4n) is 1.59. The van der Waals surface area contributed by atoms with Crippen LogP contribution in [0.15, 0.2) is 46.1 Å². The van der Waals surface area contributed by atoms with Crippen molar-refractivity contribution in [2.45, 2.75) is 12.4 Å². The zero-order chi connectivity index (χ0) is 12.3. The number of hydrogen-bond donors (Lipinski definition) is 1. The van der Waals surface area contributed by atoms with Crippen LogP contribution < -0.4 is 11.2 Å². The van der Waals surface area contributed by atoms with Gasteiger partial charge in [0, 0.05) is 18.1 Å². The molecule has 0 atom stereocenters. The standard InChI is InChI=1S/C12H11ClN2O2/c13-7-9-3-1-2-4-10(9)8-15-6-5-11(16)14-12(15)17/h1-6H,7-8H2,(H,14,16,17). The largest absolute Gasteiger partial charge is 0.328 e. The van der Waals surface area contributed by atoms with Crippen LogP contribution in [-0.2, 0) is 12.4 Å². The molecule has 4 nitrogen and oxygen atoms in total. The van der Waals surface area contributed by atoms with Crippen LogP contribution in [0.1, 0.15) is 11.1 Å². The molecule has 0 amide bonds. The number of nitrogens with one attached hydrogen (secondary N) is 1. The molecule has 0 aliphatic carbocycles. The fourth-order valence-corrected chi connectivity index (χ4v) is 1.86. The van der Waals surface area contributed by atoms with Crippen molar-refractivity contribution in [2.75, 3.05) is 0 Å². The van der Waals surface area contributed by atoms with Crippen LogP contribution in [0.25, 0.3) is 0 Å². The lowest BCUT2D eigenvalue weighted by atomic mass is 10.1. The number of benzene rings is 1. The molecule has 88 valence electrons. The highest BCUT2D eigenvalue weighted by atomic mass is 35.5. The van der Waals surface area contributed by atoms with Crippen molar-refractivity contribution in [3.63, 3.8) is 0 Å². The van der Waals surface area contributed by atoms with Gasteiger partial charge >= 0.3 is 5.69 Å². The molecule has 2 aromatic rings. The van der Waals surface area contributed by atoms with Crippen LogP contribution in [0.2, 0.25) is 0 Å². The molecule has 1 N–H and O–H groups in total. The van der Waals surface area contributed by atoms with E-state index in [9.17, 15) is 9.59 Å². The summed E-state index contributed by atoms with van der Waals surface area (Å²) < 4.78 is 1.44. The van der Waals surface area contributed by atoms with Crippen LogP contribution >= 0.6 is 11.6 Å². The SMILES string of the molecule is O=c1ccn(Cc2ccccc2CCl)c(=O)[nH]1. The maximum atomic E-state index is 11.5. The molecule has 1 heterocycles. The lowest BCUT2D eigenvalue weighted by molar-refractivity contribution is 0.717. The highest BCUT2D eigenvalue weighted by molar-refractivity contribution is 6.17. The maximum Gasteiger partial charge on any atom is 0.328 e. The Balaban J connectivity index is 2.38. The number of aromatic amines is 1. The molecule has 0 saturated carbocycles. The minimum Gasteiger partial charge on any atom is -0.296 e. The number of alkyl halides is 1. The summed E-state index contributed by atoms with van der Waals surface area (Å²) >= 11 is 5.82. The van der Waals surface area contributed by atoms with Gasteiger partial charge < -0.3 is 0 Å². The van der Waals surface area contributed by atoms with Crippen molar-refractivity contribution in [3.8, 4) is 0 Å². The molecule has 1 aromatic carbocycles. The van der Waals surface area contributed by atoms with Crippen molar-refractivity contribution < 1.29 is 0 Å². The van der Waals surface area contributed by atoms with Crippen LogP contribution in [-0.4, -0.2) is 9.55 Å². The van der Waals surface area contributed by atoms with E-state index < -0.39 is 11.2 Å². The summed E-state index contributed by atoms with van der Waals surface area (Å²) in [6.07, 6.45) is 1.48. The average Bonchev–Trinajstić information content (AvgIpc) is 2.33. The molecule has 0 saturated heterocycles. The van der Waals surface area contributed by atoms with Gasteiger partial charge in [-0.1, -0.05) is 24.3 Å². The van der Waals surface area contributed by atoms with Gasteiger partial charge in [0.2, 0.25) is 0 Å². The van der Waals surface area contributed by atoms with Gasteiger partial charge in [-0.05, 0) is 11.1 Å². The Labute approximate surface area is 102 Å². The molecule has 0 unspecified atom stereocenters. The van der Waals surface area contributed by atoms with Gasteiger partial charge in [0.05, 0.1) is 6.54 Å². The third kappa shape index (κ3) is 2.65. The van der Waals surface area contributed by atoms with E-state index in [-0.39, 0.29) is 0 Å². The van der Waals surface area contributed by atoms with Gasteiger partial charge in [-0.15, -0.1) is 11.6 Å². The summed E-state index contributed by atoms with van der Waals surface area (Å²) in [7, 11) is 0. The van der Waals surface area contributed by atoms with Gasteiger partial charge in [-0.2, -0.15) is 0 Å². The predicted molar refractivity (Wildman–Crippen MR) is 66.4 cm³/mol. The second-order valence-electron chi connectivity index (χ2n) is 3.64. The van der Waals surface area contributed by atoms with Crippen molar-refractivity contribution in [1.29, 1.82) is 0 Å². The lowest BCUT2D eigenvalue weighted by Gasteiger charge is -2.08. The molecular weight excluding hydrogens is 240 g/mol. The molecule has 0 aliphatic rings. The number of aromatic nitrogens is 2. The van der Waals surface area contributed by atoms with Crippen LogP contribution in [0.5, 0.6) is 0 Å². The van der Waals surface area contributed by atoms with E-state index in [1.165, 1.54) is 16.8 Å². The fraction of sp³-hybridized carbons (Fsp3) is 0.167. The number of nitrogens with zero attached hydrogens (tertiary/aromatic N) is 1. The van der Waals surface area contributed by atoms with Gasteiger partial charge in [0.1, 0.15) is 0 Å². The zero-order valence-electron chi connectivity index (χ0n) is 9.02. The predicted octanol–water partition coefficient (Wildman–Crippen LogP) is 1.32. The second-order valence-corrected chi connectivity index (χ2v) is 3.91. The summed E-state index contributed by atoms with van der Waals surface area (Å²) in [4.78, 5) is 24.7. The molecule has 1 aromatic heterocycles. The summed E-state index contributed by atoms with van der Waals surface area (Å²) in [5.41, 5.74) is 1.14. The highest BCUT2D eigenvalue weighted by Gasteiger charge is 2.03. The van der Waals surface area contributed by atoms with Gasteiger partial charge in [-0.25, -0.2) is 4.79 Å². The lowest BCUT2D eigenvalue weighted by Crippen LogP contribution is -2.29. The molecule has 17 heavy (non-hydrogen) atoms. The Kier molecular flexibility index (Phi) is 3.44. The van der Waals surface area contributed by atoms with E-state index in [0.29, 0.717) is 12.4 Å². The van der Waals surface area contributed by atoms with E-state index in [4.69, 9.17) is 11.6 Å². The minimum absolute atomic E-state index is 0.392. The summed E-state index contributed by atoms with van der Waals surface area (Å²) in [6, 6.07) is 8.94. The smallest absolute Gasteiger partial charge is 0.296 e. The van der Waals surface area contributed by atoms with Crippen molar-refractivity contribution in [2.24, 2.45) is 0 Å². The summed E-state index contributed by atoms with van der Waals surface area (Å²) in [5, 5.41) is 0. The Hall–Kier alpha value is -1.81. The Bertz CT molecular complexity index is 631.